The summed E-state index contributed by atoms with van der Waals surface area (Å²) < 4.78 is 0. The summed E-state index contributed by atoms with van der Waals surface area (Å²) in [5.41, 5.74) is 2.68. The molecule has 30 heavy (non-hydrogen) atoms. The summed E-state index contributed by atoms with van der Waals surface area (Å²) in [5.74, 6) is 0.887. The topological polar surface area (TPSA) is 40.5 Å². The maximum absolute atomic E-state index is 9.29. The van der Waals surface area contributed by atoms with Gasteiger partial charge in [0, 0.05) is 13.2 Å². The van der Waals surface area contributed by atoms with Gasteiger partial charge >= 0.3 is 0 Å². The molecule has 0 heterocycles. The van der Waals surface area contributed by atoms with E-state index in [-0.39, 0.29) is 0 Å². The van der Waals surface area contributed by atoms with Crippen LogP contribution in [0.5, 0.6) is 0 Å². The number of benzene rings is 2. The zero-order valence-corrected chi connectivity index (χ0v) is 19.3. The van der Waals surface area contributed by atoms with Crippen molar-refractivity contribution in [2.24, 2.45) is 11.8 Å². The Kier molecular flexibility index (Phi) is 16.0. The van der Waals surface area contributed by atoms with E-state index in [0.717, 1.165) is 25.7 Å². The highest BCUT2D eigenvalue weighted by Crippen LogP contribution is 2.16. The van der Waals surface area contributed by atoms with Crippen LogP contribution in [0.1, 0.15) is 76.3 Å². The van der Waals surface area contributed by atoms with E-state index in [9.17, 15) is 10.2 Å². The zero-order valence-electron chi connectivity index (χ0n) is 19.3. The van der Waals surface area contributed by atoms with Crippen molar-refractivity contribution >= 4 is 0 Å². The first-order valence-electron chi connectivity index (χ1n) is 12.0. The van der Waals surface area contributed by atoms with Gasteiger partial charge in [0.2, 0.25) is 0 Å². The predicted octanol–water partition coefficient (Wildman–Crippen LogP) is 6.84. The van der Waals surface area contributed by atoms with E-state index in [1.165, 1.54) is 49.7 Å². The van der Waals surface area contributed by atoms with Gasteiger partial charge in [-0.05, 0) is 48.6 Å². The first-order chi connectivity index (χ1) is 14.7. The van der Waals surface area contributed by atoms with E-state index in [1.807, 2.05) is 12.1 Å². The summed E-state index contributed by atoms with van der Waals surface area (Å²) in [7, 11) is 0. The lowest BCUT2D eigenvalue weighted by molar-refractivity contribution is 0.215. The standard InChI is InChI=1S/2C14H22O/c2*1-2-3-5-10-14(12-15)11-13-8-6-4-7-9-13/h2*4,6-9,14-15H,2-3,5,10-12H2,1H3. The Bertz CT molecular complexity index is 541. The number of aliphatic hydroxyl groups is 2. The highest BCUT2D eigenvalue weighted by molar-refractivity contribution is 5.16. The fraction of sp³-hybridized carbons (Fsp3) is 0.571. The maximum Gasteiger partial charge on any atom is 0.0462 e. The van der Waals surface area contributed by atoms with Crippen LogP contribution in [0.4, 0.5) is 0 Å². The molecular formula is C28H44O2. The monoisotopic (exact) mass is 412 g/mol. The Morgan fingerprint density at radius 2 is 0.933 bits per heavy atom. The van der Waals surface area contributed by atoms with Gasteiger partial charge in [-0.15, -0.1) is 0 Å². The molecule has 2 atom stereocenters. The van der Waals surface area contributed by atoms with Gasteiger partial charge < -0.3 is 10.2 Å². The Balaban J connectivity index is 0.000000300. The van der Waals surface area contributed by atoms with Crippen molar-refractivity contribution in [3.63, 3.8) is 0 Å². The normalized spacial score (nSPS) is 12.7. The molecule has 0 bridgehead atoms. The van der Waals surface area contributed by atoms with E-state index in [4.69, 9.17) is 0 Å². The average Bonchev–Trinajstić information content (AvgIpc) is 2.80. The van der Waals surface area contributed by atoms with Crippen LogP contribution in [-0.4, -0.2) is 23.4 Å². The lowest BCUT2D eigenvalue weighted by Crippen LogP contribution is -2.09. The van der Waals surface area contributed by atoms with Gasteiger partial charge in [0.05, 0.1) is 0 Å². The highest BCUT2D eigenvalue weighted by atomic mass is 16.3. The molecule has 2 aromatic rings. The van der Waals surface area contributed by atoms with Gasteiger partial charge in [-0.1, -0.05) is 113 Å². The number of unbranched alkanes of at least 4 members (excludes halogenated alkanes) is 4. The molecule has 0 saturated heterocycles. The molecule has 0 fully saturated rings. The van der Waals surface area contributed by atoms with Crippen LogP contribution in [0.2, 0.25) is 0 Å². The van der Waals surface area contributed by atoms with Crippen molar-refractivity contribution in [1.29, 1.82) is 0 Å². The van der Waals surface area contributed by atoms with E-state index in [1.54, 1.807) is 0 Å². The average molecular weight is 413 g/mol. The summed E-state index contributed by atoms with van der Waals surface area (Å²) in [6.07, 6.45) is 11.9. The number of hydrogen-bond acceptors (Lipinski definition) is 2. The fourth-order valence-electron chi connectivity index (χ4n) is 3.78. The Hall–Kier alpha value is -1.64. The lowest BCUT2D eigenvalue weighted by Gasteiger charge is -2.13. The minimum Gasteiger partial charge on any atom is -0.396 e. The molecule has 0 amide bonds. The molecule has 168 valence electrons. The largest absolute Gasteiger partial charge is 0.396 e. The summed E-state index contributed by atoms with van der Waals surface area (Å²) >= 11 is 0. The molecule has 2 unspecified atom stereocenters. The highest BCUT2D eigenvalue weighted by Gasteiger charge is 2.08. The fourth-order valence-corrected chi connectivity index (χ4v) is 3.78. The Labute approximate surface area is 185 Å². The second-order valence-electron chi connectivity index (χ2n) is 8.47. The number of hydrogen-bond donors (Lipinski definition) is 2. The van der Waals surface area contributed by atoms with Crippen LogP contribution in [0.25, 0.3) is 0 Å². The molecule has 0 spiro atoms. The molecular weight excluding hydrogens is 368 g/mol. The third kappa shape index (κ3) is 12.8. The van der Waals surface area contributed by atoms with Gasteiger partial charge in [0.1, 0.15) is 0 Å². The quantitative estimate of drug-likeness (QED) is 0.334. The van der Waals surface area contributed by atoms with Crippen molar-refractivity contribution in [3.05, 3.63) is 71.8 Å². The van der Waals surface area contributed by atoms with Gasteiger partial charge in [0.25, 0.3) is 0 Å². The van der Waals surface area contributed by atoms with E-state index in [0.29, 0.717) is 25.0 Å². The van der Waals surface area contributed by atoms with E-state index < -0.39 is 0 Å². The molecule has 0 aliphatic carbocycles. The van der Waals surface area contributed by atoms with Gasteiger partial charge in [-0.3, -0.25) is 0 Å². The first-order valence-corrected chi connectivity index (χ1v) is 12.0. The molecule has 0 aliphatic rings. The van der Waals surface area contributed by atoms with Crippen molar-refractivity contribution in [3.8, 4) is 0 Å². The lowest BCUT2D eigenvalue weighted by atomic mass is 9.94. The van der Waals surface area contributed by atoms with Crippen molar-refractivity contribution in [2.75, 3.05) is 13.2 Å². The van der Waals surface area contributed by atoms with E-state index in [2.05, 4.69) is 62.4 Å². The van der Waals surface area contributed by atoms with Crippen LogP contribution in [0.15, 0.2) is 60.7 Å². The van der Waals surface area contributed by atoms with Crippen LogP contribution in [-0.2, 0) is 12.8 Å². The summed E-state index contributed by atoms with van der Waals surface area (Å²) in [4.78, 5) is 0. The molecule has 2 rings (SSSR count). The van der Waals surface area contributed by atoms with Crippen LogP contribution < -0.4 is 0 Å². The molecule has 0 saturated carbocycles. The van der Waals surface area contributed by atoms with Gasteiger partial charge in [-0.25, -0.2) is 0 Å². The molecule has 0 aliphatic heterocycles. The summed E-state index contributed by atoms with van der Waals surface area (Å²) in [5, 5.41) is 18.6. The third-order valence-corrected chi connectivity index (χ3v) is 5.68. The molecule has 0 aromatic heterocycles. The number of rotatable bonds is 14. The second-order valence-corrected chi connectivity index (χ2v) is 8.47. The van der Waals surface area contributed by atoms with Crippen molar-refractivity contribution in [1.82, 2.24) is 0 Å². The van der Waals surface area contributed by atoms with Crippen LogP contribution in [0, 0.1) is 11.8 Å². The van der Waals surface area contributed by atoms with E-state index >= 15 is 0 Å². The minimum atomic E-state index is 0.318. The SMILES string of the molecule is CCCCCC(CO)Cc1ccccc1.CCCCCC(CO)Cc1ccccc1. The molecule has 2 heteroatoms. The van der Waals surface area contributed by atoms with Gasteiger partial charge in [-0.2, -0.15) is 0 Å². The Morgan fingerprint density at radius 1 is 0.567 bits per heavy atom. The molecule has 2 nitrogen and oxygen atoms in total. The first kappa shape index (κ1) is 26.4. The smallest absolute Gasteiger partial charge is 0.0462 e. The van der Waals surface area contributed by atoms with Crippen molar-refractivity contribution in [2.45, 2.75) is 78.1 Å². The third-order valence-electron chi connectivity index (χ3n) is 5.68. The molecule has 2 N–H and O–H groups in total. The summed E-state index contributed by atoms with van der Waals surface area (Å²) in [6.45, 7) is 5.06. The molecule has 2 aromatic carbocycles. The van der Waals surface area contributed by atoms with Crippen LogP contribution in [0.3, 0.4) is 0 Å². The summed E-state index contributed by atoms with van der Waals surface area (Å²) in [6, 6.07) is 20.9. The number of aliphatic hydroxyl groups excluding tert-OH is 2. The predicted molar refractivity (Wildman–Crippen MR) is 130 cm³/mol. The zero-order chi connectivity index (χ0) is 21.9. The van der Waals surface area contributed by atoms with Gasteiger partial charge in [0.15, 0.2) is 0 Å². The maximum atomic E-state index is 9.29. The second kappa shape index (κ2) is 18.2. The van der Waals surface area contributed by atoms with Crippen molar-refractivity contribution < 1.29 is 10.2 Å². The van der Waals surface area contributed by atoms with Crippen LogP contribution >= 0.6 is 0 Å². The Morgan fingerprint density at radius 3 is 1.23 bits per heavy atom. The molecule has 0 radical (unpaired) electrons. The minimum absolute atomic E-state index is 0.318.